The first-order valence-electron chi connectivity index (χ1n) is 7.04. The van der Waals surface area contributed by atoms with Gasteiger partial charge in [-0.1, -0.05) is 12.8 Å². The smallest absolute Gasteiger partial charge is 0.0587 e. The van der Waals surface area contributed by atoms with Gasteiger partial charge in [0.2, 0.25) is 0 Å². The van der Waals surface area contributed by atoms with Crippen molar-refractivity contribution in [1.82, 2.24) is 10.3 Å². The van der Waals surface area contributed by atoms with Gasteiger partial charge < -0.3 is 10.1 Å². The molecule has 0 aliphatic heterocycles. The Morgan fingerprint density at radius 1 is 1.37 bits per heavy atom. The van der Waals surface area contributed by atoms with Crippen LogP contribution >= 0.6 is 15.9 Å². The number of ether oxygens (including phenoxy) is 1. The quantitative estimate of drug-likeness (QED) is 0.781. The van der Waals surface area contributed by atoms with Gasteiger partial charge in [-0.2, -0.15) is 0 Å². The van der Waals surface area contributed by atoms with E-state index in [1.165, 1.54) is 31.4 Å². The van der Waals surface area contributed by atoms with Crippen molar-refractivity contribution < 1.29 is 4.74 Å². The molecule has 0 amide bonds. The second-order valence-electron chi connectivity index (χ2n) is 5.52. The molecule has 0 saturated heterocycles. The Kier molecular flexibility index (Phi) is 5.79. The number of halogens is 1. The molecule has 0 aromatic carbocycles. The summed E-state index contributed by atoms with van der Waals surface area (Å²) in [4.78, 5) is 4.53. The van der Waals surface area contributed by atoms with Crippen LogP contribution in [0.15, 0.2) is 22.8 Å². The minimum Gasteiger partial charge on any atom is -0.383 e. The Morgan fingerprint density at radius 3 is 2.79 bits per heavy atom. The van der Waals surface area contributed by atoms with E-state index in [2.05, 4.69) is 38.4 Å². The summed E-state index contributed by atoms with van der Waals surface area (Å²) in [5.41, 5.74) is 1.60. The minimum absolute atomic E-state index is 0.397. The number of nitrogens with zero attached hydrogens (tertiary/aromatic N) is 1. The lowest BCUT2D eigenvalue weighted by Gasteiger charge is -2.29. The summed E-state index contributed by atoms with van der Waals surface area (Å²) < 4.78 is 6.14. The van der Waals surface area contributed by atoms with Crippen LogP contribution in [0, 0.1) is 5.41 Å². The number of methoxy groups -OCH3 is 1. The van der Waals surface area contributed by atoms with Crippen molar-refractivity contribution in [2.75, 3.05) is 26.8 Å². The highest BCUT2D eigenvalue weighted by Gasteiger charge is 2.33. The molecule has 1 heterocycles. The largest absolute Gasteiger partial charge is 0.383 e. The second kappa shape index (κ2) is 7.36. The third kappa shape index (κ3) is 4.55. The van der Waals surface area contributed by atoms with Crippen LogP contribution in [-0.2, 0) is 11.2 Å². The first-order valence-corrected chi connectivity index (χ1v) is 7.83. The zero-order chi connectivity index (χ0) is 13.6. The number of nitrogens with one attached hydrogen (secondary N) is 1. The van der Waals surface area contributed by atoms with E-state index in [0.29, 0.717) is 5.41 Å². The number of aromatic nitrogens is 1. The molecule has 0 spiro atoms. The molecule has 1 aliphatic carbocycles. The molecule has 0 unspecified atom stereocenters. The fraction of sp³-hybridized carbons (Fsp3) is 0.667. The molecule has 1 aromatic heterocycles. The zero-order valence-electron chi connectivity index (χ0n) is 11.6. The lowest BCUT2D eigenvalue weighted by molar-refractivity contribution is 0.189. The molecule has 1 aliphatic rings. The molecular formula is C15H23BrN2O. The SMILES string of the molecule is COCCNCC1(Cc2ccc(Br)cn2)CCCC1. The predicted octanol–water partition coefficient (Wildman–Crippen LogP) is 3.18. The average Bonchev–Trinajstić information content (AvgIpc) is 2.87. The third-order valence-electron chi connectivity index (χ3n) is 3.99. The van der Waals surface area contributed by atoms with E-state index in [1.54, 1.807) is 7.11 Å². The number of hydrogen-bond acceptors (Lipinski definition) is 3. The number of pyridine rings is 1. The van der Waals surface area contributed by atoms with E-state index in [-0.39, 0.29) is 0 Å². The molecular weight excluding hydrogens is 304 g/mol. The van der Waals surface area contributed by atoms with Gasteiger partial charge in [-0.25, -0.2) is 0 Å². The lowest BCUT2D eigenvalue weighted by atomic mass is 9.81. The second-order valence-corrected chi connectivity index (χ2v) is 6.44. The van der Waals surface area contributed by atoms with Gasteiger partial charge in [0.15, 0.2) is 0 Å². The summed E-state index contributed by atoms with van der Waals surface area (Å²) in [7, 11) is 1.75. The molecule has 106 valence electrons. The van der Waals surface area contributed by atoms with Crippen molar-refractivity contribution in [3.8, 4) is 0 Å². The molecule has 4 heteroatoms. The van der Waals surface area contributed by atoms with Crippen LogP contribution in [0.3, 0.4) is 0 Å². The van der Waals surface area contributed by atoms with E-state index in [1.807, 2.05) is 6.20 Å². The number of hydrogen-bond donors (Lipinski definition) is 1. The van der Waals surface area contributed by atoms with Crippen LogP contribution in [0.1, 0.15) is 31.4 Å². The molecule has 3 nitrogen and oxygen atoms in total. The first-order chi connectivity index (χ1) is 9.24. The maximum absolute atomic E-state index is 5.09. The Bertz CT molecular complexity index is 374. The van der Waals surface area contributed by atoms with Gasteiger partial charge in [-0.15, -0.1) is 0 Å². The first kappa shape index (κ1) is 14.9. The van der Waals surface area contributed by atoms with Crippen LogP contribution in [-0.4, -0.2) is 31.8 Å². The molecule has 0 atom stereocenters. The molecule has 0 radical (unpaired) electrons. The highest BCUT2D eigenvalue weighted by Crippen LogP contribution is 2.40. The Hall–Kier alpha value is -0.450. The standard InChI is InChI=1S/C15H23BrN2O/c1-19-9-8-17-12-15(6-2-3-7-15)10-14-5-4-13(16)11-18-14/h4-5,11,17H,2-3,6-10,12H2,1H3. The van der Waals surface area contributed by atoms with Gasteiger partial charge in [0, 0.05) is 36.6 Å². The summed E-state index contributed by atoms with van der Waals surface area (Å²) in [5, 5.41) is 3.54. The highest BCUT2D eigenvalue weighted by atomic mass is 79.9. The van der Waals surface area contributed by atoms with Gasteiger partial charge in [0.1, 0.15) is 0 Å². The monoisotopic (exact) mass is 326 g/mol. The van der Waals surface area contributed by atoms with Crippen LogP contribution in [0.5, 0.6) is 0 Å². The van der Waals surface area contributed by atoms with Gasteiger partial charge in [0.25, 0.3) is 0 Å². The predicted molar refractivity (Wildman–Crippen MR) is 81.3 cm³/mol. The molecule has 19 heavy (non-hydrogen) atoms. The van der Waals surface area contributed by atoms with Crippen molar-refractivity contribution in [2.24, 2.45) is 5.41 Å². The highest BCUT2D eigenvalue weighted by molar-refractivity contribution is 9.10. The van der Waals surface area contributed by atoms with Crippen molar-refractivity contribution >= 4 is 15.9 Å². The molecule has 1 fully saturated rings. The van der Waals surface area contributed by atoms with E-state index in [4.69, 9.17) is 4.74 Å². The maximum atomic E-state index is 5.09. The Morgan fingerprint density at radius 2 is 2.16 bits per heavy atom. The number of rotatable bonds is 7. The summed E-state index contributed by atoms with van der Waals surface area (Å²) in [6.07, 6.45) is 8.30. The van der Waals surface area contributed by atoms with E-state index in [9.17, 15) is 0 Å². The van der Waals surface area contributed by atoms with Gasteiger partial charge in [-0.05, 0) is 52.7 Å². The minimum atomic E-state index is 0.397. The Balaban J connectivity index is 1.93. The van der Waals surface area contributed by atoms with Crippen molar-refractivity contribution in [3.05, 3.63) is 28.5 Å². The molecule has 1 saturated carbocycles. The van der Waals surface area contributed by atoms with Crippen molar-refractivity contribution in [1.29, 1.82) is 0 Å². The zero-order valence-corrected chi connectivity index (χ0v) is 13.2. The van der Waals surface area contributed by atoms with Gasteiger partial charge >= 0.3 is 0 Å². The summed E-state index contributed by atoms with van der Waals surface area (Å²) in [5.74, 6) is 0. The molecule has 2 rings (SSSR count). The average molecular weight is 327 g/mol. The maximum Gasteiger partial charge on any atom is 0.0587 e. The van der Waals surface area contributed by atoms with Crippen molar-refractivity contribution in [2.45, 2.75) is 32.1 Å². The van der Waals surface area contributed by atoms with Gasteiger partial charge in [-0.3, -0.25) is 4.98 Å². The summed E-state index contributed by atoms with van der Waals surface area (Å²) in [6.45, 7) is 2.80. The van der Waals surface area contributed by atoms with Crippen LogP contribution in [0.4, 0.5) is 0 Å². The normalized spacial score (nSPS) is 17.8. The molecule has 1 aromatic rings. The molecule has 1 N–H and O–H groups in total. The topological polar surface area (TPSA) is 34.1 Å². The molecule has 0 bridgehead atoms. The van der Waals surface area contributed by atoms with Crippen LogP contribution in [0.2, 0.25) is 0 Å². The summed E-state index contributed by atoms with van der Waals surface area (Å²) >= 11 is 3.44. The fourth-order valence-electron chi connectivity index (χ4n) is 2.96. The Labute approximate surface area is 124 Å². The fourth-order valence-corrected chi connectivity index (χ4v) is 3.20. The van der Waals surface area contributed by atoms with Crippen LogP contribution in [0.25, 0.3) is 0 Å². The van der Waals surface area contributed by atoms with Crippen molar-refractivity contribution in [3.63, 3.8) is 0 Å². The van der Waals surface area contributed by atoms with Gasteiger partial charge in [0.05, 0.1) is 6.61 Å². The lowest BCUT2D eigenvalue weighted by Crippen LogP contribution is -2.35. The van der Waals surface area contributed by atoms with E-state index in [0.717, 1.165) is 30.6 Å². The van der Waals surface area contributed by atoms with Crippen LogP contribution < -0.4 is 5.32 Å². The third-order valence-corrected chi connectivity index (χ3v) is 4.46. The summed E-state index contributed by atoms with van der Waals surface area (Å²) in [6, 6.07) is 4.22. The van der Waals surface area contributed by atoms with E-state index >= 15 is 0 Å². The van der Waals surface area contributed by atoms with E-state index < -0.39 is 0 Å².